The van der Waals surface area contributed by atoms with Crippen LogP contribution in [-0.4, -0.2) is 20.5 Å². The van der Waals surface area contributed by atoms with E-state index in [9.17, 15) is 18.5 Å². The van der Waals surface area contributed by atoms with Crippen molar-refractivity contribution >= 4 is 27.1 Å². The fraction of sp³-hybridized carbons (Fsp3) is 0.0769. The molecule has 0 aromatic heterocycles. The molecule has 0 unspecified atom stereocenters. The lowest BCUT2D eigenvalue weighted by atomic mass is 10.3. The Morgan fingerprint density at radius 1 is 1.17 bits per heavy atom. The lowest BCUT2D eigenvalue weighted by Gasteiger charge is -2.13. The summed E-state index contributed by atoms with van der Waals surface area (Å²) < 4.78 is 32.5. The van der Waals surface area contributed by atoms with Crippen molar-refractivity contribution in [1.82, 2.24) is 0 Å². The molecule has 0 atom stereocenters. The first kappa shape index (κ1) is 16.5. The number of hydrogen-bond acceptors (Lipinski definition) is 7. The van der Waals surface area contributed by atoms with Crippen molar-refractivity contribution in [3.63, 3.8) is 0 Å². The highest BCUT2D eigenvalue weighted by Gasteiger charge is 2.23. The van der Waals surface area contributed by atoms with Gasteiger partial charge >= 0.3 is 0 Å². The number of hydrogen-bond donors (Lipinski definition) is 3. The number of methoxy groups -OCH3 is 1. The molecule has 2 aromatic carbocycles. The number of nitro groups is 1. The van der Waals surface area contributed by atoms with Gasteiger partial charge in [-0.25, -0.2) is 8.42 Å². The molecule has 0 fully saturated rings. The average molecular weight is 338 g/mol. The lowest BCUT2D eigenvalue weighted by molar-refractivity contribution is -0.385. The zero-order valence-electron chi connectivity index (χ0n) is 12.0. The summed E-state index contributed by atoms with van der Waals surface area (Å²) in [5, 5.41) is 10.9. The van der Waals surface area contributed by atoms with Crippen molar-refractivity contribution in [3.8, 4) is 5.75 Å². The van der Waals surface area contributed by atoms with Gasteiger partial charge in [0, 0.05) is 12.1 Å². The summed E-state index contributed by atoms with van der Waals surface area (Å²) in [5.41, 5.74) is 2.06. The van der Waals surface area contributed by atoms with Gasteiger partial charge in [0.15, 0.2) is 0 Å². The van der Waals surface area contributed by atoms with Crippen LogP contribution in [0.15, 0.2) is 47.4 Å². The number of nitrogens with zero attached hydrogens (tertiary/aromatic N) is 1. The molecule has 0 aliphatic heterocycles. The van der Waals surface area contributed by atoms with E-state index in [1.54, 1.807) is 18.2 Å². The Labute approximate surface area is 132 Å². The van der Waals surface area contributed by atoms with Crippen LogP contribution in [0.5, 0.6) is 5.75 Å². The summed E-state index contributed by atoms with van der Waals surface area (Å²) in [4.78, 5) is 9.82. The molecule has 0 heterocycles. The first-order chi connectivity index (χ1) is 10.9. The van der Waals surface area contributed by atoms with E-state index in [0.29, 0.717) is 5.75 Å². The van der Waals surface area contributed by atoms with Gasteiger partial charge in [-0.1, -0.05) is 12.1 Å². The normalized spacial score (nSPS) is 10.9. The van der Waals surface area contributed by atoms with Crippen molar-refractivity contribution < 1.29 is 18.1 Å². The largest absolute Gasteiger partial charge is 0.495 e. The molecule has 0 saturated carbocycles. The Morgan fingerprint density at radius 2 is 1.87 bits per heavy atom. The second kappa shape index (κ2) is 6.50. The van der Waals surface area contributed by atoms with E-state index in [1.165, 1.54) is 19.2 Å². The monoisotopic (exact) mass is 338 g/mol. The molecule has 10 heteroatoms. The van der Waals surface area contributed by atoms with Crippen molar-refractivity contribution in [2.24, 2.45) is 5.84 Å². The molecule has 23 heavy (non-hydrogen) atoms. The van der Waals surface area contributed by atoms with Gasteiger partial charge in [0.2, 0.25) is 0 Å². The van der Waals surface area contributed by atoms with Gasteiger partial charge in [-0.15, -0.1) is 0 Å². The third kappa shape index (κ3) is 3.49. The second-order valence-corrected chi connectivity index (χ2v) is 6.04. The number of benzene rings is 2. The Morgan fingerprint density at radius 3 is 2.48 bits per heavy atom. The highest BCUT2D eigenvalue weighted by molar-refractivity contribution is 7.93. The minimum absolute atomic E-state index is 0.0259. The van der Waals surface area contributed by atoms with E-state index in [0.717, 1.165) is 12.1 Å². The third-order valence-electron chi connectivity index (χ3n) is 2.97. The van der Waals surface area contributed by atoms with Crippen molar-refractivity contribution in [2.75, 3.05) is 17.3 Å². The number of rotatable bonds is 6. The van der Waals surface area contributed by atoms with Crippen molar-refractivity contribution in [3.05, 3.63) is 52.6 Å². The van der Waals surface area contributed by atoms with Crippen LogP contribution in [0.2, 0.25) is 0 Å². The molecule has 0 radical (unpaired) electrons. The molecule has 0 saturated heterocycles. The SMILES string of the molecule is COc1ccccc1NS(=O)(=O)c1cc([N+](=O)[O-])ccc1NN. The summed E-state index contributed by atoms with van der Waals surface area (Å²) in [6.45, 7) is 0. The maximum absolute atomic E-state index is 12.5. The number of para-hydroxylation sites is 2. The predicted octanol–water partition coefficient (Wildman–Crippen LogP) is 1.69. The van der Waals surface area contributed by atoms with Crippen LogP contribution in [0.3, 0.4) is 0 Å². The molecule has 2 rings (SSSR count). The second-order valence-electron chi connectivity index (χ2n) is 4.39. The van der Waals surface area contributed by atoms with E-state index < -0.39 is 14.9 Å². The maximum atomic E-state index is 12.5. The first-order valence-electron chi connectivity index (χ1n) is 6.30. The summed E-state index contributed by atoms with van der Waals surface area (Å²) in [6.07, 6.45) is 0. The summed E-state index contributed by atoms with van der Waals surface area (Å²) >= 11 is 0. The molecule has 0 aliphatic rings. The quantitative estimate of drug-likeness (QED) is 0.414. The Kier molecular flexibility index (Phi) is 4.67. The number of non-ortho nitro benzene ring substituents is 1. The standard InChI is InChI=1S/C13H14N4O5S/c1-22-12-5-3-2-4-10(12)16-23(20,21)13-8-9(17(18)19)6-7-11(13)15-14/h2-8,15-16H,14H2,1H3. The highest BCUT2D eigenvalue weighted by Crippen LogP contribution is 2.30. The molecule has 4 N–H and O–H groups in total. The molecule has 2 aromatic rings. The maximum Gasteiger partial charge on any atom is 0.270 e. The number of ether oxygens (including phenoxy) is 1. The number of nitrogen functional groups attached to an aromatic ring is 1. The smallest absolute Gasteiger partial charge is 0.270 e. The fourth-order valence-electron chi connectivity index (χ4n) is 1.89. The molecule has 122 valence electrons. The summed E-state index contributed by atoms with van der Waals surface area (Å²) in [7, 11) is -2.73. The molecular weight excluding hydrogens is 324 g/mol. The molecule has 0 aliphatic carbocycles. The Balaban J connectivity index is 2.50. The molecule has 0 amide bonds. The number of nitrogens with two attached hydrogens (primary N) is 1. The zero-order chi connectivity index (χ0) is 17.0. The van der Waals surface area contributed by atoms with Crippen LogP contribution in [0, 0.1) is 10.1 Å². The van der Waals surface area contributed by atoms with E-state index >= 15 is 0 Å². The van der Waals surface area contributed by atoms with E-state index in [-0.39, 0.29) is 22.0 Å². The topological polar surface area (TPSA) is 137 Å². The lowest BCUT2D eigenvalue weighted by Crippen LogP contribution is -2.18. The van der Waals surface area contributed by atoms with Gasteiger partial charge in [-0.05, 0) is 18.2 Å². The number of nitro benzene ring substituents is 1. The first-order valence-corrected chi connectivity index (χ1v) is 7.78. The fourth-order valence-corrected chi connectivity index (χ4v) is 3.16. The van der Waals surface area contributed by atoms with Gasteiger partial charge in [-0.3, -0.25) is 20.7 Å². The Hall–Kier alpha value is -2.85. The van der Waals surface area contributed by atoms with Crippen LogP contribution in [0.4, 0.5) is 17.1 Å². The predicted molar refractivity (Wildman–Crippen MR) is 84.7 cm³/mol. The van der Waals surface area contributed by atoms with Gasteiger partial charge in [0.25, 0.3) is 15.7 Å². The molecule has 0 spiro atoms. The van der Waals surface area contributed by atoms with Crippen molar-refractivity contribution in [1.29, 1.82) is 0 Å². The molecule has 0 bridgehead atoms. The van der Waals surface area contributed by atoms with Crippen LogP contribution in [0.25, 0.3) is 0 Å². The van der Waals surface area contributed by atoms with E-state index in [2.05, 4.69) is 10.1 Å². The minimum Gasteiger partial charge on any atom is -0.495 e. The number of nitrogens with one attached hydrogen (secondary N) is 2. The number of anilines is 2. The van der Waals surface area contributed by atoms with E-state index in [4.69, 9.17) is 10.6 Å². The van der Waals surface area contributed by atoms with Gasteiger partial charge in [0.05, 0.1) is 23.4 Å². The highest BCUT2D eigenvalue weighted by atomic mass is 32.2. The molecule has 9 nitrogen and oxygen atoms in total. The van der Waals surface area contributed by atoms with Crippen LogP contribution in [-0.2, 0) is 10.0 Å². The van der Waals surface area contributed by atoms with Crippen LogP contribution < -0.4 is 20.7 Å². The van der Waals surface area contributed by atoms with Gasteiger partial charge in [-0.2, -0.15) is 0 Å². The average Bonchev–Trinajstić information content (AvgIpc) is 2.54. The van der Waals surface area contributed by atoms with E-state index in [1.807, 2.05) is 0 Å². The van der Waals surface area contributed by atoms with Crippen LogP contribution >= 0.6 is 0 Å². The summed E-state index contributed by atoms with van der Waals surface area (Å²) in [5.74, 6) is 5.60. The van der Waals surface area contributed by atoms with Gasteiger partial charge in [0.1, 0.15) is 10.6 Å². The minimum atomic E-state index is -4.12. The number of sulfonamides is 1. The van der Waals surface area contributed by atoms with Gasteiger partial charge < -0.3 is 10.2 Å². The van der Waals surface area contributed by atoms with Crippen molar-refractivity contribution in [2.45, 2.75) is 4.90 Å². The summed E-state index contributed by atoms with van der Waals surface area (Å²) in [6, 6.07) is 9.67. The third-order valence-corrected chi connectivity index (χ3v) is 4.38. The zero-order valence-corrected chi connectivity index (χ0v) is 12.8. The Bertz CT molecular complexity index is 838. The number of hydrazine groups is 1. The molecular formula is C13H14N4O5S. The van der Waals surface area contributed by atoms with Crippen LogP contribution in [0.1, 0.15) is 0 Å².